The van der Waals surface area contributed by atoms with Gasteiger partial charge in [-0.3, -0.25) is 24.0 Å². The van der Waals surface area contributed by atoms with Gasteiger partial charge in [-0.15, -0.1) is 0 Å². The molecule has 0 fully saturated rings. The van der Waals surface area contributed by atoms with E-state index in [9.17, 15) is 33.6 Å². The van der Waals surface area contributed by atoms with Crippen LogP contribution in [-0.2, 0) is 33.5 Å². The lowest BCUT2D eigenvalue weighted by atomic mass is 10.1. The van der Waals surface area contributed by atoms with Crippen molar-refractivity contribution in [1.82, 2.24) is 26.6 Å². The summed E-state index contributed by atoms with van der Waals surface area (Å²) in [5.74, 6) is -4.28. The summed E-state index contributed by atoms with van der Waals surface area (Å²) < 4.78 is 5.12. The van der Waals surface area contributed by atoms with E-state index in [0.29, 0.717) is 26.0 Å². The van der Waals surface area contributed by atoms with Crippen molar-refractivity contribution in [2.24, 2.45) is 5.73 Å². The Morgan fingerprint density at radius 1 is 0.897 bits per heavy atom. The van der Waals surface area contributed by atoms with E-state index in [1.165, 1.54) is 13.8 Å². The molecule has 0 saturated heterocycles. The molecule has 6 amide bonds. The van der Waals surface area contributed by atoms with Crippen molar-refractivity contribution >= 4 is 51.6 Å². The van der Waals surface area contributed by atoms with E-state index in [2.05, 4.69) is 45.4 Å². The summed E-state index contributed by atoms with van der Waals surface area (Å²) in [5, 5.41) is 20.9. The molecule has 0 heterocycles. The Morgan fingerprint density at radius 3 is 2.08 bits per heavy atom. The zero-order valence-corrected chi connectivity index (χ0v) is 23.9. The fraction of sp³-hybridized carbons (Fsp3) is 0.696. The molecule has 3 atom stereocenters. The molecule has 0 radical (unpaired) electrons. The first kappa shape index (κ1) is 35.4. The number of rotatable bonds is 18. The summed E-state index contributed by atoms with van der Waals surface area (Å²) in [5.41, 5.74) is 4.96. The van der Waals surface area contributed by atoms with Gasteiger partial charge in [0.1, 0.15) is 24.7 Å². The number of nitrogens with one attached hydrogen (secondary N) is 5. The summed E-state index contributed by atoms with van der Waals surface area (Å²) in [6.07, 6.45) is 6.46. The molecule has 0 aliphatic heterocycles. The molecule has 0 bridgehead atoms. The van der Waals surface area contributed by atoms with Crippen LogP contribution in [0.4, 0.5) is 4.79 Å². The minimum Gasteiger partial charge on any atom is -0.480 e. The van der Waals surface area contributed by atoms with Gasteiger partial charge in [-0.2, -0.15) is 0 Å². The average molecular weight is 579 g/mol. The molecular formula is C23H42N6O9S. The number of primary amides is 1. The van der Waals surface area contributed by atoms with Crippen molar-refractivity contribution < 1.29 is 43.4 Å². The molecule has 0 aliphatic carbocycles. The zero-order chi connectivity index (χ0) is 30.2. The number of carbonyl (C=O) groups excluding carboxylic acids is 6. The second-order valence-corrected chi connectivity index (χ2v) is 14.3. The fourth-order valence-electron chi connectivity index (χ4n) is 2.96. The van der Waals surface area contributed by atoms with E-state index in [1.54, 1.807) is 0 Å². The number of hydrogen-bond donors (Lipinski definition) is 7. The first-order valence-corrected chi connectivity index (χ1v) is 15.3. The highest BCUT2D eigenvalue weighted by Gasteiger charge is 2.26. The van der Waals surface area contributed by atoms with E-state index in [-0.39, 0.29) is 6.42 Å². The predicted octanol–water partition coefficient (Wildman–Crippen LogP) is -1.85. The van der Waals surface area contributed by atoms with Gasteiger partial charge in [-0.25, -0.2) is 19.6 Å². The molecule has 0 spiro atoms. The van der Waals surface area contributed by atoms with Crippen molar-refractivity contribution in [3.63, 3.8) is 0 Å². The number of carboxylic acids is 1. The maximum atomic E-state index is 12.5. The van der Waals surface area contributed by atoms with Gasteiger partial charge in [-0.05, 0) is 45.0 Å². The van der Waals surface area contributed by atoms with Gasteiger partial charge in [0.2, 0.25) is 29.5 Å². The molecule has 39 heavy (non-hydrogen) atoms. The van der Waals surface area contributed by atoms with Gasteiger partial charge < -0.3 is 42.2 Å². The summed E-state index contributed by atoms with van der Waals surface area (Å²) in [6.45, 7) is 2.67. The highest BCUT2D eigenvalue weighted by Crippen LogP contribution is 2.33. The number of carboxylic acid groups (broad SMARTS) is 1. The van der Waals surface area contributed by atoms with Crippen molar-refractivity contribution in [2.45, 2.75) is 57.7 Å². The second-order valence-electron chi connectivity index (χ2n) is 9.68. The molecule has 0 aromatic rings. The molecule has 0 rings (SSSR count). The molecule has 0 aromatic carbocycles. The monoisotopic (exact) mass is 578 g/mol. The van der Waals surface area contributed by atoms with Gasteiger partial charge in [0, 0.05) is 19.2 Å². The normalized spacial score (nSPS) is 13.6. The lowest BCUT2D eigenvalue weighted by molar-refractivity contribution is -0.143. The minimum absolute atomic E-state index is 0.242. The molecule has 224 valence electrons. The number of alkyl carbamates (subject to hydrolysis) is 1. The lowest BCUT2D eigenvalue weighted by Crippen LogP contribution is -2.53. The second kappa shape index (κ2) is 17.9. The maximum Gasteiger partial charge on any atom is 0.407 e. The fourth-order valence-corrected chi connectivity index (χ4v) is 3.54. The van der Waals surface area contributed by atoms with E-state index < -0.39 is 82.7 Å². The number of unbranched alkanes of at least 4 members (excludes halogenated alkanes) is 1. The number of hydrogen-bond acceptors (Lipinski definition) is 8. The summed E-state index contributed by atoms with van der Waals surface area (Å²) in [7, 11) is -0.762. The predicted molar refractivity (Wildman–Crippen MR) is 145 cm³/mol. The Bertz CT molecular complexity index is 894. The van der Waals surface area contributed by atoms with Gasteiger partial charge in [0.25, 0.3) is 0 Å². The van der Waals surface area contributed by atoms with Crippen molar-refractivity contribution in [3.05, 3.63) is 0 Å². The Balaban J connectivity index is 4.54. The molecule has 8 N–H and O–H groups in total. The zero-order valence-electron chi connectivity index (χ0n) is 23.1. The molecule has 16 heteroatoms. The van der Waals surface area contributed by atoms with Crippen LogP contribution < -0.4 is 32.3 Å². The van der Waals surface area contributed by atoms with Crippen LogP contribution in [0.25, 0.3) is 0 Å². The van der Waals surface area contributed by atoms with Gasteiger partial charge in [-0.1, -0.05) is 0 Å². The first-order chi connectivity index (χ1) is 18.0. The molecule has 0 saturated carbocycles. The number of nitrogens with two attached hydrogens (primary N) is 1. The smallest absolute Gasteiger partial charge is 0.407 e. The third-order valence-electron chi connectivity index (χ3n) is 5.03. The average Bonchev–Trinajstić information content (AvgIpc) is 2.79. The van der Waals surface area contributed by atoms with E-state index in [1.807, 2.05) is 0 Å². The number of carbonyl (C=O) groups is 7. The standard InChI is InChI=1S/C23H42N6O9S/c1-14(20(33)29-17(22(35)36)12-18(24)31)27-19(32)13-26-21(34)16(28-15(2)30)8-6-7-9-25-23(37)38-10-11-39(3,4)5/h14,16-17H,6-13H2,1-5H3,(H2,24,31)(H,25,37)(H,26,34)(H,27,32)(H,28,30)(H,29,33)(H,35,36)/t14?,16-,17-/m0/s1. The highest BCUT2D eigenvalue weighted by atomic mass is 32.3. The van der Waals surface area contributed by atoms with Crippen molar-refractivity contribution in [2.75, 3.05) is 44.2 Å². The molecule has 0 aromatic heterocycles. The van der Waals surface area contributed by atoms with Crippen LogP contribution in [0.1, 0.15) is 39.5 Å². The first-order valence-electron chi connectivity index (χ1n) is 12.2. The van der Waals surface area contributed by atoms with Crippen LogP contribution in [0.3, 0.4) is 0 Å². The van der Waals surface area contributed by atoms with E-state index >= 15 is 0 Å². The van der Waals surface area contributed by atoms with E-state index in [0.717, 1.165) is 5.75 Å². The molecule has 15 nitrogen and oxygen atoms in total. The minimum atomic E-state index is -1.55. The summed E-state index contributed by atoms with van der Waals surface area (Å²) in [6, 6.07) is -3.66. The van der Waals surface area contributed by atoms with Crippen LogP contribution in [0, 0.1) is 0 Å². The third kappa shape index (κ3) is 18.4. The van der Waals surface area contributed by atoms with Crippen LogP contribution in [0.5, 0.6) is 0 Å². The summed E-state index contributed by atoms with van der Waals surface area (Å²) in [4.78, 5) is 82.1. The number of aliphatic carboxylic acids is 1. The molecule has 1 unspecified atom stereocenters. The molecular weight excluding hydrogens is 536 g/mol. The quantitative estimate of drug-likeness (QED) is 0.0902. The Morgan fingerprint density at radius 2 is 1.54 bits per heavy atom. The molecule has 0 aliphatic rings. The van der Waals surface area contributed by atoms with Crippen LogP contribution in [-0.4, -0.2) is 109 Å². The SMILES string of the molecule is CC(=O)N[C@@H](CCCCNC(=O)OCCS(C)(C)C)C(=O)NCC(=O)NC(C)C(=O)N[C@@H](CC(N)=O)C(=O)O. The number of amides is 6. The lowest BCUT2D eigenvalue weighted by Gasteiger charge is -2.24. The third-order valence-corrected chi connectivity index (χ3v) is 6.42. The largest absolute Gasteiger partial charge is 0.480 e. The topological polar surface area (TPSA) is 235 Å². The summed E-state index contributed by atoms with van der Waals surface area (Å²) >= 11 is 0. The Labute approximate surface area is 229 Å². The van der Waals surface area contributed by atoms with E-state index in [4.69, 9.17) is 15.6 Å². The van der Waals surface area contributed by atoms with Gasteiger partial charge >= 0.3 is 12.1 Å². The Hall–Kier alpha value is -3.56. The van der Waals surface area contributed by atoms with Crippen LogP contribution in [0.15, 0.2) is 0 Å². The van der Waals surface area contributed by atoms with Crippen molar-refractivity contribution in [3.8, 4) is 0 Å². The highest BCUT2D eigenvalue weighted by molar-refractivity contribution is 8.32. The van der Waals surface area contributed by atoms with Crippen LogP contribution >= 0.6 is 10.0 Å². The van der Waals surface area contributed by atoms with Gasteiger partial charge in [0.15, 0.2) is 0 Å². The maximum absolute atomic E-state index is 12.5. The van der Waals surface area contributed by atoms with Crippen molar-refractivity contribution in [1.29, 1.82) is 0 Å². The Kier molecular flexibility index (Phi) is 16.2. The van der Waals surface area contributed by atoms with Crippen LogP contribution in [0.2, 0.25) is 0 Å². The number of ether oxygens (including phenoxy) is 1. The van der Waals surface area contributed by atoms with Gasteiger partial charge in [0.05, 0.1) is 13.0 Å².